The van der Waals surface area contributed by atoms with Crippen LogP contribution in [0.5, 0.6) is 0 Å². The van der Waals surface area contributed by atoms with Crippen molar-refractivity contribution >= 4 is 49.8 Å². The first-order valence-corrected chi connectivity index (χ1v) is 7.24. The van der Waals surface area contributed by atoms with Crippen molar-refractivity contribution in [1.29, 1.82) is 0 Å². The zero-order chi connectivity index (χ0) is 12.7. The van der Waals surface area contributed by atoms with Crippen LogP contribution in [0.4, 0.5) is 0 Å². The van der Waals surface area contributed by atoms with Crippen molar-refractivity contribution < 1.29 is 9.52 Å². The third kappa shape index (κ3) is 2.21. The highest BCUT2D eigenvalue weighted by atomic mass is 79.9. The third-order valence-electron chi connectivity index (χ3n) is 2.63. The zero-order valence-corrected chi connectivity index (χ0v) is 12.2. The van der Waals surface area contributed by atoms with Gasteiger partial charge in [0.1, 0.15) is 17.4 Å². The van der Waals surface area contributed by atoms with E-state index in [-0.39, 0.29) is 0 Å². The average molecular weight is 344 g/mol. The van der Waals surface area contributed by atoms with E-state index in [1.54, 1.807) is 12.1 Å². The molecular weight excluding hydrogens is 336 g/mol. The summed E-state index contributed by atoms with van der Waals surface area (Å²) in [4.78, 5) is 0.840. The molecule has 0 aliphatic rings. The molecule has 0 saturated carbocycles. The van der Waals surface area contributed by atoms with E-state index in [0.717, 1.165) is 19.6 Å². The van der Waals surface area contributed by atoms with Crippen molar-refractivity contribution in [2.75, 3.05) is 0 Å². The predicted molar refractivity (Wildman–Crippen MR) is 77.3 cm³/mol. The first-order chi connectivity index (χ1) is 8.63. The quantitative estimate of drug-likeness (QED) is 0.711. The van der Waals surface area contributed by atoms with Gasteiger partial charge in [0.15, 0.2) is 0 Å². The molecule has 1 N–H and O–H groups in total. The fourth-order valence-corrected chi connectivity index (χ4v) is 3.38. The molecule has 2 aromatic heterocycles. The maximum Gasteiger partial charge on any atom is 0.146 e. The summed E-state index contributed by atoms with van der Waals surface area (Å²) >= 11 is 10.8. The number of furan rings is 1. The average Bonchev–Trinajstić information content (AvgIpc) is 2.93. The maximum atomic E-state index is 10.2. The largest absolute Gasteiger partial charge is 0.458 e. The van der Waals surface area contributed by atoms with Gasteiger partial charge in [0.05, 0.1) is 3.79 Å². The van der Waals surface area contributed by atoms with Crippen LogP contribution < -0.4 is 0 Å². The van der Waals surface area contributed by atoms with Gasteiger partial charge in [0.25, 0.3) is 0 Å². The third-order valence-corrected chi connectivity index (χ3v) is 4.54. The summed E-state index contributed by atoms with van der Waals surface area (Å²) in [6.07, 6.45) is -0.743. The van der Waals surface area contributed by atoms with E-state index in [9.17, 15) is 5.11 Å². The van der Waals surface area contributed by atoms with E-state index < -0.39 is 6.10 Å². The Morgan fingerprint density at radius 2 is 2.06 bits per heavy atom. The van der Waals surface area contributed by atoms with Gasteiger partial charge in [0, 0.05) is 15.3 Å². The van der Waals surface area contributed by atoms with Gasteiger partial charge in [-0.2, -0.15) is 0 Å². The lowest BCUT2D eigenvalue weighted by Gasteiger charge is -2.03. The molecule has 1 unspecified atom stereocenters. The molecule has 3 rings (SSSR count). The Labute approximate surface area is 121 Å². The number of rotatable bonds is 2. The van der Waals surface area contributed by atoms with Gasteiger partial charge in [-0.3, -0.25) is 0 Å². The van der Waals surface area contributed by atoms with Crippen molar-refractivity contribution in [1.82, 2.24) is 0 Å². The lowest BCUT2D eigenvalue weighted by Crippen LogP contribution is -1.93. The maximum absolute atomic E-state index is 10.2. The summed E-state index contributed by atoms with van der Waals surface area (Å²) in [5.41, 5.74) is 0.726. The monoisotopic (exact) mass is 342 g/mol. The Hall–Kier alpha value is -0.810. The van der Waals surface area contributed by atoms with E-state index in [1.807, 2.05) is 24.3 Å². The van der Waals surface area contributed by atoms with Crippen LogP contribution in [0.25, 0.3) is 11.0 Å². The lowest BCUT2D eigenvalue weighted by atomic mass is 10.2. The number of fused-ring (bicyclic) bond motifs is 1. The van der Waals surface area contributed by atoms with Crippen LogP contribution in [0.1, 0.15) is 16.7 Å². The molecule has 0 aliphatic heterocycles. The van der Waals surface area contributed by atoms with Crippen LogP contribution >= 0.6 is 38.9 Å². The molecule has 5 heteroatoms. The van der Waals surface area contributed by atoms with Crippen LogP contribution in [-0.2, 0) is 0 Å². The van der Waals surface area contributed by atoms with E-state index in [1.165, 1.54) is 11.3 Å². The van der Waals surface area contributed by atoms with E-state index in [2.05, 4.69) is 15.9 Å². The Morgan fingerprint density at radius 1 is 1.22 bits per heavy atom. The number of benzene rings is 1. The number of aliphatic hydroxyl groups excluding tert-OH is 1. The molecule has 0 spiro atoms. The van der Waals surface area contributed by atoms with Crippen LogP contribution in [-0.4, -0.2) is 5.11 Å². The van der Waals surface area contributed by atoms with Gasteiger partial charge in [-0.05, 0) is 52.3 Å². The van der Waals surface area contributed by atoms with Crippen molar-refractivity contribution in [2.24, 2.45) is 0 Å². The minimum atomic E-state index is -0.743. The molecule has 0 aliphatic carbocycles. The molecule has 18 heavy (non-hydrogen) atoms. The summed E-state index contributed by atoms with van der Waals surface area (Å²) in [5.74, 6) is 0.529. The fourth-order valence-electron chi connectivity index (χ4n) is 1.78. The van der Waals surface area contributed by atoms with E-state index in [4.69, 9.17) is 16.0 Å². The molecule has 1 atom stereocenters. The molecule has 0 radical (unpaired) electrons. The summed E-state index contributed by atoms with van der Waals surface area (Å²) in [6, 6.07) is 11.0. The summed E-state index contributed by atoms with van der Waals surface area (Å²) in [7, 11) is 0. The van der Waals surface area contributed by atoms with Gasteiger partial charge < -0.3 is 9.52 Å². The zero-order valence-electron chi connectivity index (χ0n) is 9.06. The Balaban J connectivity index is 2.03. The molecular formula is C13H8BrClO2S. The van der Waals surface area contributed by atoms with E-state index in [0.29, 0.717) is 10.8 Å². The standard InChI is InChI=1S/C13H8BrClO2S/c14-12-4-3-11(18-12)13(16)10-6-7-5-8(15)1-2-9(7)17-10/h1-6,13,16H. The van der Waals surface area contributed by atoms with Gasteiger partial charge in [0.2, 0.25) is 0 Å². The first kappa shape index (κ1) is 12.2. The Morgan fingerprint density at radius 3 is 2.78 bits per heavy atom. The SMILES string of the molecule is OC(c1cc2cc(Cl)ccc2o1)c1ccc(Br)s1. The predicted octanol–water partition coefficient (Wildman–Crippen LogP) is 4.99. The fraction of sp³-hybridized carbons (Fsp3) is 0.0769. The molecule has 92 valence electrons. The number of halogens is 2. The molecule has 2 heterocycles. The van der Waals surface area contributed by atoms with Gasteiger partial charge in [-0.25, -0.2) is 0 Å². The highest BCUT2D eigenvalue weighted by Gasteiger charge is 2.17. The molecule has 0 saturated heterocycles. The number of hydrogen-bond acceptors (Lipinski definition) is 3. The van der Waals surface area contributed by atoms with Crippen LogP contribution in [0.15, 0.2) is 44.6 Å². The minimum Gasteiger partial charge on any atom is -0.458 e. The normalized spacial score (nSPS) is 13.1. The number of thiophene rings is 1. The van der Waals surface area contributed by atoms with Crippen LogP contribution in [0.2, 0.25) is 5.02 Å². The second kappa shape index (κ2) is 4.70. The first-order valence-electron chi connectivity index (χ1n) is 5.26. The number of hydrogen-bond donors (Lipinski definition) is 1. The topological polar surface area (TPSA) is 33.4 Å². The molecule has 0 fully saturated rings. The van der Waals surface area contributed by atoms with Gasteiger partial charge >= 0.3 is 0 Å². The minimum absolute atomic E-state index is 0.529. The molecule has 2 nitrogen and oxygen atoms in total. The smallest absolute Gasteiger partial charge is 0.146 e. The van der Waals surface area contributed by atoms with Gasteiger partial charge in [-0.15, -0.1) is 11.3 Å². The van der Waals surface area contributed by atoms with E-state index >= 15 is 0 Å². The van der Waals surface area contributed by atoms with Gasteiger partial charge in [-0.1, -0.05) is 11.6 Å². The Bertz CT molecular complexity index is 704. The number of aliphatic hydroxyl groups is 1. The molecule has 0 amide bonds. The summed E-state index contributed by atoms with van der Waals surface area (Å²) in [5, 5.41) is 11.8. The van der Waals surface area contributed by atoms with Crippen molar-refractivity contribution in [3.63, 3.8) is 0 Å². The second-order valence-corrected chi connectivity index (χ2v) is 6.81. The van der Waals surface area contributed by atoms with Crippen molar-refractivity contribution in [3.8, 4) is 0 Å². The summed E-state index contributed by atoms with van der Waals surface area (Å²) < 4.78 is 6.61. The van der Waals surface area contributed by atoms with Crippen LogP contribution in [0, 0.1) is 0 Å². The Kier molecular flexibility index (Phi) is 3.20. The van der Waals surface area contributed by atoms with Crippen molar-refractivity contribution in [3.05, 3.63) is 55.8 Å². The lowest BCUT2D eigenvalue weighted by molar-refractivity contribution is 0.196. The highest BCUT2D eigenvalue weighted by Crippen LogP contribution is 2.34. The highest BCUT2D eigenvalue weighted by molar-refractivity contribution is 9.11. The summed E-state index contributed by atoms with van der Waals surface area (Å²) in [6.45, 7) is 0. The van der Waals surface area contributed by atoms with Crippen LogP contribution in [0.3, 0.4) is 0 Å². The molecule has 3 aromatic rings. The second-order valence-electron chi connectivity index (χ2n) is 3.88. The molecule has 1 aromatic carbocycles. The molecule has 0 bridgehead atoms. The van der Waals surface area contributed by atoms with Crippen molar-refractivity contribution in [2.45, 2.75) is 6.10 Å².